The molecule has 20 heavy (non-hydrogen) atoms. The molecular weight excluding hydrogens is 254 g/mol. The minimum atomic E-state index is 0.350. The highest BCUT2D eigenvalue weighted by atomic mass is 16.5. The Morgan fingerprint density at radius 2 is 1.65 bits per heavy atom. The summed E-state index contributed by atoms with van der Waals surface area (Å²) in [4.78, 5) is 15.3. The third-order valence-electron chi connectivity index (χ3n) is 2.57. The summed E-state index contributed by atoms with van der Waals surface area (Å²) in [5, 5.41) is 3.12. The first-order chi connectivity index (χ1) is 9.46. The van der Waals surface area contributed by atoms with E-state index >= 15 is 0 Å². The summed E-state index contributed by atoms with van der Waals surface area (Å²) in [5.74, 6) is 2.32. The van der Waals surface area contributed by atoms with E-state index in [1.54, 1.807) is 7.11 Å². The maximum atomic E-state index is 5.17. The Bertz CT molecular complexity index is 399. The van der Waals surface area contributed by atoms with Crippen molar-refractivity contribution >= 4 is 11.9 Å². The number of ether oxygens (including phenoxy) is 1. The van der Waals surface area contributed by atoms with Crippen molar-refractivity contribution in [1.82, 2.24) is 15.0 Å². The molecule has 1 aromatic rings. The van der Waals surface area contributed by atoms with Crippen LogP contribution in [0.4, 0.5) is 11.9 Å². The second kappa shape index (κ2) is 7.87. The predicted molar refractivity (Wildman–Crippen MR) is 82.4 cm³/mol. The van der Waals surface area contributed by atoms with Crippen LogP contribution >= 0.6 is 0 Å². The maximum Gasteiger partial charge on any atom is 0.322 e. The number of anilines is 2. The van der Waals surface area contributed by atoms with E-state index in [4.69, 9.17) is 4.74 Å². The highest BCUT2D eigenvalue weighted by Crippen LogP contribution is 2.17. The topological polar surface area (TPSA) is 63.2 Å². The fraction of sp³-hybridized carbons (Fsp3) is 0.786. The van der Waals surface area contributed by atoms with Gasteiger partial charge < -0.3 is 15.0 Å². The van der Waals surface area contributed by atoms with Gasteiger partial charge in [-0.25, -0.2) is 0 Å². The van der Waals surface area contributed by atoms with Gasteiger partial charge in [-0.15, -0.1) is 0 Å². The molecule has 0 amide bonds. The van der Waals surface area contributed by atoms with Crippen molar-refractivity contribution in [1.29, 1.82) is 0 Å². The third-order valence-corrected chi connectivity index (χ3v) is 2.57. The van der Waals surface area contributed by atoms with E-state index in [1.807, 2.05) is 6.92 Å². The van der Waals surface area contributed by atoms with E-state index in [9.17, 15) is 0 Å². The van der Waals surface area contributed by atoms with Gasteiger partial charge in [-0.05, 0) is 18.8 Å². The number of hydrogen-bond donors (Lipinski definition) is 1. The summed E-state index contributed by atoms with van der Waals surface area (Å²) in [6, 6.07) is 0.350. The largest absolute Gasteiger partial charge is 0.467 e. The van der Waals surface area contributed by atoms with E-state index in [0.717, 1.165) is 19.6 Å². The zero-order valence-corrected chi connectivity index (χ0v) is 13.5. The lowest BCUT2D eigenvalue weighted by Gasteiger charge is -2.26. The molecule has 0 spiro atoms. The zero-order chi connectivity index (χ0) is 15.1. The first kappa shape index (κ1) is 16.5. The summed E-state index contributed by atoms with van der Waals surface area (Å²) < 4.78 is 5.17. The summed E-state index contributed by atoms with van der Waals surface area (Å²) >= 11 is 0. The smallest absolute Gasteiger partial charge is 0.322 e. The van der Waals surface area contributed by atoms with Gasteiger partial charge in [0, 0.05) is 19.6 Å². The van der Waals surface area contributed by atoms with Crippen LogP contribution in [-0.4, -0.2) is 41.7 Å². The Kier molecular flexibility index (Phi) is 6.48. The standard InChI is InChI=1S/C14H27N5O/c1-7-15-12-16-13(18-14(17-12)20-6)19(8-10(2)3)9-11(4)5/h10-11H,7-9H2,1-6H3,(H,15,16,17,18). The lowest BCUT2D eigenvalue weighted by atomic mass is 10.1. The van der Waals surface area contributed by atoms with Crippen molar-refractivity contribution in [2.45, 2.75) is 34.6 Å². The molecule has 0 radical (unpaired) electrons. The molecular formula is C14H27N5O. The van der Waals surface area contributed by atoms with Crippen molar-refractivity contribution in [2.75, 3.05) is 37.0 Å². The average molecular weight is 281 g/mol. The number of rotatable bonds is 8. The SMILES string of the molecule is CCNc1nc(OC)nc(N(CC(C)C)CC(C)C)n1. The predicted octanol–water partition coefficient (Wildman–Crippen LogP) is 2.43. The van der Waals surface area contributed by atoms with Gasteiger partial charge in [0.25, 0.3) is 0 Å². The van der Waals surface area contributed by atoms with Crippen LogP contribution in [0.15, 0.2) is 0 Å². The molecule has 1 aromatic heterocycles. The molecule has 0 saturated carbocycles. The molecule has 1 heterocycles. The molecule has 1 rings (SSSR count). The van der Waals surface area contributed by atoms with Crippen LogP contribution in [0, 0.1) is 11.8 Å². The molecule has 6 heteroatoms. The van der Waals surface area contributed by atoms with Crippen LogP contribution in [0.25, 0.3) is 0 Å². The summed E-state index contributed by atoms with van der Waals surface area (Å²) in [6.45, 7) is 13.4. The Balaban J connectivity index is 3.06. The number of nitrogens with zero attached hydrogens (tertiary/aromatic N) is 4. The lowest BCUT2D eigenvalue weighted by molar-refractivity contribution is 0.378. The molecule has 6 nitrogen and oxygen atoms in total. The molecule has 0 aliphatic heterocycles. The molecule has 0 aliphatic carbocycles. The molecule has 0 aliphatic rings. The van der Waals surface area contributed by atoms with E-state index in [0.29, 0.717) is 29.7 Å². The monoisotopic (exact) mass is 281 g/mol. The minimum absolute atomic E-state index is 0.350. The highest BCUT2D eigenvalue weighted by Gasteiger charge is 2.16. The summed E-state index contributed by atoms with van der Waals surface area (Å²) in [5.41, 5.74) is 0. The van der Waals surface area contributed by atoms with Crippen LogP contribution in [0.5, 0.6) is 6.01 Å². The molecule has 0 saturated heterocycles. The Labute approximate surface area is 122 Å². The average Bonchev–Trinajstić information content (AvgIpc) is 2.37. The second-order valence-electron chi connectivity index (χ2n) is 5.67. The van der Waals surface area contributed by atoms with Crippen LogP contribution in [0.2, 0.25) is 0 Å². The Morgan fingerprint density at radius 1 is 1.05 bits per heavy atom. The van der Waals surface area contributed by atoms with Crippen molar-refractivity contribution in [2.24, 2.45) is 11.8 Å². The van der Waals surface area contributed by atoms with Gasteiger partial charge in [0.15, 0.2) is 0 Å². The van der Waals surface area contributed by atoms with Gasteiger partial charge in [0.05, 0.1) is 7.11 Å². The van der Waals surface area contributed by atoms with Gasteiger partial charge >= 0.3 is 6.01 Å². The van der Waals surface area contributed by atoms with E-state index in [2.05, 4.69) is 52.9 Å². The Hall–Kier alpha value is -1.59. The van der Waals surface area contributed by atoms with Crippen molar-refractivity contribution in [3.8, 4) is 6.01 Å². The van der Waals surface area contributed by atoms with Crippen molar-refractivity contribution in [3.63, 3.8) is 0 Å². The quantitative estimate of drug-likeness (QED) is 0.789. The fourth-order valence-corrected chi connectivity index (χ4v) is 1.94. The maximum absolute atomic E-state index is 5.17. The third kappa shape index (κ3) is 5.19. The molecule has 0 atom stereocenters. The van der Waals surface area contributed by atoms with Crippen LogP contribution in [0.3, 0.4) is 0 Å². The molecule has 114 valence electrons. The van der Waals surface area contributed by atoms with Crippen molar-refractivity contribution in [3.05, 3.63) is 0 Å². The minimum Gasteiger partial charge on any atom is -0.467 e. The highest BCUT2D eigenvalue weighted by molar-refractivity contribution is 5.38. The first-order valence-electron chi connectivity index (χ1n) is 7.25. The van der Waals surface area contributed by atoms with Crippen LogP contribution in [0.1, 0.15) is 34.6 Å². The van der Waals surface area contributed by atoms with E-state index < -0.39 is 0 Å². The number of aromatic nitrogens is 3. The van der Waals surface area contributed by atoms with Gasteiger partial charge in [-0.1, -0.05) is 27.7 Å². The number of hydrogen-bond acceptors (Lipinski definition) is 6. The molecule has 1 N–H and O–H groups in total. The molecule has 0 aromatic carbocycles. The van der Waals surface area contributed by atoms with Crippen LogP contribution in [-0.2, 0) is 0 Å². The fourth-order valence-electron chi connectivity index (χ4n) is 1.94. The van der Waals surface area contributed by atoms with E-state index in [-0.39, 0.29) is 0 Å². The van der Waals surface area contributed by atoms with E-state index in [1.165, 1.54) is 0 Å². The first-order valence-corrected chi connectivity index (χ1v) is 7.25. The van der Waals surface area contributed by atoms with Gasteiger partial charge in [0.2, 0.25) is 11.9 Å². The number of methoxy groups -OCH3 is 1. The zero-order valence-electron chi connectivity index (χ0n) is 13.5. The van der Waals surface area contributed by atoms with Gasteiger partial charge in [0.1, 0.15) is 0 Å². The second-order valence-corrected chi connectivity index (χ2v) is 5.67. The number of nitrogens with one attached hydrogen (secondary N) is 1. The Morgan fingerprint density at radius 3 is 2.10 bits per heavy atom. The molecule has 0 fully saturated rings. The molecule has 0 bridgehead atoms. The molecule has 0 unspecified atom stereocenters. The van der Waals surface area contributed by atoms with Crippen molar-refractivity contribution < 1.29 is 4.74 Å². The summed E-state index contributed by atoms with van der Waals surface area (Å²) in [7, 11) is 1.57. The normalized spacial score (nSPS) is 11.0. The van der Waals surface area contributed by atoms with Gasteiger partial charge in [-0.3, -0.25) is 0 Å². The van der Waals surface area contributed by atoms with Gasteiger partial charge in [-0.2, -0.15) is 15.0 Å². The lowest BCUT2D eigenvalue weighted by Crippen LogP contribution is -2.33. The van der Waals surface area contributed by atoms with Crippen LogP contribution < -0.4 is 15.0 Å². The summed E-state index contributed by atoms with van der Waals surface area (Å²) in [6.07, 6.45) is 0.